The zero-order valence-corrected chi connectivity index (χ0v) is 18.5. The minimum absolute atomic E-state index is 0.0759. The van der Waals surface area contributed by atoms with E-state index in [0.717, 1.165) is 21.5 Å². The van der Waals surface area contributed by atoms with Crippen molar-refractivity contribution in [2.45, 2.75) is 18.4 Å². The normalized spacial score (nSPS) is 11.4. The number of thiazole rings is 1. The number of aryl methyl sites for hydroxylation is 1. The van der Waals surface area contributed by atoms with Crippen molar-refractivity contribution in [3.05, 3.63) is 71.8 Å². The van der Waals surface area contributed by atoms with Crippen molar-refractivity contribution >= 4 is 42.4 Å². The summed E-state index contributed by atoms with van der Waals surface area (Å²) < 4.78 is 34.1. The van der Waals surface area contributed by atoms with Crippen LogP contribution in [0.15, 0.2) is 65.6 Å². The summed E-state index contributed by atoms with van der Waals surface area (Å²) >= 11 is 1.30. The quantitative estimate of drug-likeness (QED) is 0.372. The minimum atomic E-state index is -3.76. The molecule has 3 N–H and O–H groups in total. The van der Waals surface area contributed by atoms with Crippen LogP contribution in [0.3, 0.4) is 0 Å². The highest BCUT2D eigenvalue weighted by molar-refractivity contribution is 7.93. The van der Waals surface area contributed by atoms with E-state index in [1.807, 2.05) is 25.1 Å². The Bertz CT molecular complexity index is 1330. The Morgan fingerprint density at radius 1 is 1.10 bits per heavy atom. The molecule has 0 aliphatic carbocycles. The fourth-order valence-electron chi connectivity index (χ4n) is 3.07. The van der Waals surface area contributed by atoms with Crippen LogP contribution in [-0.2, 0) is 16.6 Å². The number of aromatic hydroxyl groups is 1. The highest BCUT2D eigenvalue weighted by Crippen LogP contribution is 2.30. The molecule has 0 saturated carbocycles. The predicted molar refractivity (Wildman–Crippen MR) is 124 cm³/mol. The van der Waals surface area contributed by atoms with Crippen molar-refractivity contribution in [3.63, 3.8) is 0 Å². The zero-order chi connectivity index (χ0) is 22.0. The molecular weight excluding hydrogens is 434 g/mol. The molecule has 4 rings (SSSR count). The number of fused-ring (bicyclic) bond motifs is 1. The van der Waals surface area contributed by atoms with Gasteiger partial charge in [-0.2, -0.15) is 0 Å². The summed E-state index contributed by atoms with van der Waals surface area (Å²) in [6, 6.07) is 17.4. The largest absolute Gasteiger partial charge is 0.504 e. The summed E-state index contributed by atoms with van der Waals surface area (Å²) in [4.78, 5) is 4.49. The van der Waals surface area contributed by atoms with Gasteiger partial charge < -0.3 is 15.2 Å². The Labute approximate surface area is 184 Å². The van der Waals surface area contributed by atoms with Gasteiger partial charge in [-0.1, -0.05) is 29.5 Å². The van der Waals surface area contributed by atoms with Gasteiger partial charge in [-0.25, -0.2) is 13.4 Å². The van der Waals surface area contributed by atoms with E-state index in [2.05, 4.69) is 15.0 Å². The summed E-state index contributed by atoms with van der Waals surface area (Å²) in [5.41, 5.74) is 3.24. The molecular formula is C22H21N3O4S2. The molecule has 0 bridgehead atoms. The molecule has 4 aromatic rings. The van der Waals surface area contributed by atoms with E-state index < -0.39 is 10.0 Å². The molecule has 31 heavy (non-hydrogen) atoms. The van der Waals surface area contributed by atoms with E-state index in [1.54, 1.807) is 30.3 Å². The summed E-state index contributed by atoms with van der Waals surface area (Å²) in [5.74, 6) is 0.476. The molecule has 0 spiro atoms. The molecule has 0 unspecified atom stereocenters. The molecule has 0 aliphatic heterocycles. The van der Waals surface area contributed by atoms with Gasteiger partial charge in [-0.3, -0.25) is 4.72 Å². The average Bonchev–Trinajstić information content (AvgIpc) is 3.14. The summed E-state index contributed by atoms with van der Waals surface area (Å²) in [5, 5.41) is 13.7. The second-order valence-corrected chi connectivity index (χ2v) is 9.65. The number of aromatic nitrogens is 1. The van der Waals surface area contributed by atoms with E-state index in [1.165, 1.54) is 30.6 Å². The van der Waals surface area contributed by atoms with Crippen molar-refractivity contribution < 1.29 is 18.3 Å². The first-order valence-electron chi connectivity index (χ1n) is 9.44. The number of methoxy groups -OCH3 is 1. The van der Waals surface area contributed by atoms with E-state index in [-0.39, 0.29) is 10.6 Å². The predicted octanol–water partition coefficient (Wildman–Crippen LogP) is 4.73. The number of phenolic OH excluding ortho intramolecular Hbond substituents is 1. The Kier molecular flexibility index (Phi) is 5.71. The van der Waals surface area contributed by atoms with E-state index in [0.29, 0.717) is 23.0 Å². The van der Waals surface area contributed by atoms with Crippen molar-refractivity contribution in [1.29, 1.82) is 0 Å². The fourth-order valence-corrected chi connectivity index (χ4v) is 5.27. The number of nitrogens with one attached hydrogen (secondary N) is 2. The third-order valence-corrected chi connectivity index (χ3v) is 7.13. The number of rotatable bonds is 7. The molecule has 0 radical (unpaired) electrons. The van der Waals surface area contributed by atoms with Gasteiger partial charge in [0.05, 0.1) is 22.2 Å². The number of nitrogens with zero attached hydrogens (tertiary/aromatic N) is 1. The molecule has 9 heteroatoms. The lowest BCUT2D eigenvalue weighted by molar-refractivity contribution is 0.371. The maximum absolute atomic E-state index is 12.7. The molecule has 0 aliphatic rings. The summed E-state index contributed by atoms with van der Waals surface area (Å²) in [6.45, 7) is 2.34. The van der Waals surface area contributed by atoms with Crippen molar-refractivity contribution in [3.8, 4) is 11.5 Å². The molecule has 1 aromatic heterocycles. The van der Waals surface area contributed by atoms with Crippen molar-refractivity contribution in [2.24, 2.45) is 0 Å². The minimum Gasteiger partial charge on any atom is -0.504 e. The van der Waals surface area contributed by atoms with E-state index >= 15 is 0 Å². The molecule has 0 fully saturated rings. The molecule has 3 aromatic carbocycles. The van der Waals surface area contributed by atoms with Crippen LogP contribution >= 0.6 is 11.3 Å². The lowest BCUT2D eigenvalue weighted by atomic mass is 10.2. The van der Waals surface area contributed by atoms with Crippen molar-refractivity contribution in [1.82, 2.24) is 4.98 Å². The van der Waals surface area contributed by atoms with E-state index in [4.69, 9.17) is 4.74 Å². The van der Waals surface area contributed by atoms with Crippen LogP contribution in [0.2, 0.25) is 0 Å². The highest BCUT2D eigenvalue weighted by atomic mass is 32.2. The summed E-state index contributed by atoms with van der Waals surface area (Å²) in [6.07, 6.45) is 0. The zero-order valence-electron chi connectivity index (χ0n) is 16.9. The Morgan fingerprint density at radius 2 is 1.87 bits per heavy atom. The first-order chi connectivity index (χ1) is 14.9. The maximum Gasteiger partial charge on any atom is 0.263 e. The number of anilines is 2. The van der Waals surface area contributed by atoms with Crippen LogP contribution in [0.25, 0.3) is 10.2 Å². The van der Waals surface area contributed by atoms with Crippen LogP contribution in [0.1, 0.15) is 11.1 Å². The molecule has 1 heterocycles. The first-order valence-corrected chi connectivity index (χ1v) is 11.7. The van der Waals surface area contributed by atoms with Crippen molar-refractivity contribution in [2.75, 3.05) is 17.1 Å². The third kappa shape index (κ3) is 4.57. The Morgan fingerprint density at radius 3 is 2.61 bits per heavy atom. The van der Waals surface area contributed by atoms with Crippen LogP contribution < -0.4 is 14.8 Å². The number of benzene rings is 3. The van der Waals surface area contributed by atoms with E-state index in [9.17, 15) is 13.5 Å². The lowest BCUT2D eigenvalue weighted by Crippen LogP contribution is -2.12. The topological polar surface area (TPSA) is 101 Å². The standard InChI is InChI=1S/C22H21N3O4S2/c1-14-6-11-18-20(12-14)30-22(24-18)25-31(27,28)17-9-7-16(8-10-17)23-13-15-4-3-5-19(29-2)21(15)26/h3-12,23,26H,13H2,1-2H3,(H,24,25). The smallest absolute Gasteiger partial charge is 0.263 e. The fraction of sp³-hybridized carbons (Fsp3) is 0.136. The number of hydrogen-bond donors (Lipinski definition) is 3. The maximum atomic E-state index is 12.7. The molecule has 160 valence electrons. The Balaban J connectivity index is 1.46. The second-order valence-electron chi connectivity index (χ2n) is 6.94. The van der Waals surface area contributed by atoms with Gasteiger partial charge in [-0.05, 0) is 55.0 Å². The Hall–Kier alpha value is -3.30. The van der Waals surface area contributed by atoms with Gasteiger partial charge in [0.25, 0.3) is 10.0 Å². The summed E-state index contributed by atoms with van der Waals surface area (Å²) in [7, 11) is -2.26. The van der Waals surface area contributed by atoms with Crippen LogP contribution in [0.4, 0.5) is 10.8 Å². The molecule has 0 saturated heterocycles. The van der Waals surface area contributed by atoms with Gasteiger partial charge in [0, 0.05) is 17.8 Å². The van der Waals surface area contributed by atoms with Gasteiger partial charge in [-0.15, -0.1) is 0 Å². The number of ether oxygens (including phenoxy) is 1. The van der Waals surface area contributed by atoms with Gasteiger partial charge >= 0.3 is 0 Å². The van der Waals surface area contributed by atoms with Crippen LogP contribution in [0.5, 0.6) is 11.5 Å². The third-order valence-electron chi connectivity index (χ3n) is 4.72. The second kappa shape index (κ2) is 8.44. The first kappa shape index (κ1) is 21.0. The molecule has 0 atom stereocenters. The van der Waals surface area contributed by atoms with Crippen LogP contribution in [0, 0.1) is 6.92 Å². The number of para-hydroxylation sites is 1. The number of hydrogen-bond acceptors (Lipinski definition) is 7. The average molecular weight is 456 g/mol. The lowest BCUT2D eigenvalue weighted by Gasteiger charge is -2.11. The van der Waals surface area contributed by atoms with Gasteiger partial charge in [0.15, 0.2) is 16.6 Å². The highest BCUT2D eigenvalue weighted by Gasteiger charge is 2.17. The SMILES string of the molecule is COc1cccc(CNc2ccc(S(=O)(=O)Nc3nc4ccc(C)cc4s3)cc2)c1O. The monoisotopic (exact) mass is 455 g/mol. The number of sulfonamides is 1. The van der Waals surface area contributed by atoms with Crippen LogP contribution in [-0.4, -0.2) is 25.6 Å². The molecule has 7 nitrogen and oxygen atoms in total. The number of phenols is 1. The van der Waals surface area contributed by atoms with Gasteiger partial charge in [0.1, 0.15) is 0 Å². The molecule has 0 amide bonds. The van der Waals surface area contributed by atoms with Gasteiger partial charge in [0.2, 0.25) is 0 Å².